The lowest BCUT2D eigenvalue weighted by Crippen LogP contribution is -2.22. The minimum absolute atomic E-state index is 0.0575. The van der Waals surface area contributed by atoms with Crippen LogP contribution in [0.5, 0.6) is 0 Å². The molecule has 5 heteroatoms. The van der Waals surface area contributed by atoms with E-state index in [0.717, 1.165) is 17.3 Å². The molecule has 0 bridgehead atoms. The van der Waals surface area contributed by atoms with E-state index in [-0.39, 0.29) is 17.8 Å². The maximum Gasteiger partial charge on any atom is 0.316 e. The number of hydrogen-bond donors (Lipinski definition) is 1. The molecule has 0 heterocycles. The van der Waals surface area contributed by atoms with Gasteiger partial charge in [-0.05, 0) is 25.8 Å². The number of carboxylic acid groups (broad SMARTS) is 1. The molecule has 0 saturated carbocycles. The lowest BCUT2D eigenvalue weighted by atomic mass is 10.1. The van der Waals surface area contributed by atoms with E-state index in [1.807, 2.05) is 30.3 Å². The second-order valence-electron chi connectivity index (χ2n) is 4.37. The van der Waals surface area contributed by atoms with Gasteiger partial charge in [-0.1, -0.05) is 30.3 Å². The number of benzene rings is 1. The summed E-state index contributed by atoms with van der Waals surface area (Å²) >= 11 is 1.10. The van der Waals surface area contributed by atoms with Crippen molar-refractivity contribution in [1.82, 2.24) is 0 Å². The van der Waals surface area contributed by atoms with Crippen molar-refractivity contribution in [3.63, 3.8) is 0 Å². The van der Waals surface area contributed by atoms with Crippen molar-refractivity contribution in [2.75, 3.05) is 5.75 Å². The first kappa shape index (κ1) is 15.6. The second kappa shape index (κ2) is 7.84. The van der Waals surface area contributed by atoms with Crippen LogP contribution in [-0.2, 0) is 20.7 Å². The van der Waals surface area contributed by atoms with Gasteiger partial charge in [0, 0.05) is 0 Å². The van der Waals surface area contributed by atoms with E-state index in [0.29, 0.717) is 6.42 Å². The van der Waals surface area contributed by atoms with Gasteiger partial charge in [0.25, 0.3) is 0 Å². The Bertz CT molecular complexity index is 417. The van der Waals surface area contributed by atoms with Crippen LogP contribution in [0.1, 0.15) is 19.4 Å². The van der Waals surface area contributed by atoms with Gasteiger partial charge in [0.2, 0.25) is 0 Å². The van der Waals surface area contributed by atoms with Gasteiger partial charge < -0.3 is 9.84 Å². The molecule has 104 valence electrons. The maximum atomic E-state index is 11.4. The lowest BCUT2D eigenvalue weighted by Gasteiger charge is -2.13. The molecule has 0 fully saturated rings. The smallest absolute Gasteiger partial charge is 0.316 e. The summed E-state index contributed by atoms with van der Waals surface area (Å²) in [7, 11) is 0. The largest absolute Gasteiger partial charge is 0.480 e. The van der Waals surface area contributed by atoms with Gasteiger partial charge in [-0.25, -0.2) is 0 Å². The highest BCUT2D eigenvalue weighted by atomic mass is 32.2. The molecule has 1 N–H and O–H groups in total. The number of ether oxygens (including phenoxy) is 1. The molecular weight excluding hydrogens is 264 g/mol. The molecule has 0 radical (unpaired) electrons. The molecule has 1 aromatic carbocycles. The molecule has 0 aromatic heterocycles. The number of aliphatic carboxylic acids is 1. The number of carboxylic acids is 1. The zero-order valence-corrected chi connectivity index (χ0v) is 11.9. The van der Waals surface area contributed by atoms with E-state index in [4.69, 9.17) is 9.84 Å². The monoisotopic (exact) mass is 282 g/mol. The first-order chi connectivity index (χ1) is 8.99. The Morgan fingerprint density at radius 2 is 1.89 bits per heavy atom. The first-order valence-corrected chi connectivity index (χ1v) is 7.11. The molecule has 0 aliphatic heterocycles. The zero-order chi connectivity index (χ0) is 14.3. The molecule has 0 aliphatic rings. The molecule has 1 unspecified atom stereocenters. The number of hydrogen-bond acceptors (Lipinski definition) is 4. The van der Waals surface area contributed by atoms with Crippen LogP contribution >= 0.6 is 11.8 Å². The van der Waals surface area contributed by atoms with Crippen molar-refractivity contribution in [3.05, 3.63) is 35.9 Å². The minimum Gasteiger partial charge on any atom is -0.480 e. The lowest BCUT2D eigenvalue weighted by molar-refractivity contribution is -0.144. The van der Waals surface area contributed by atoms with E-state index in [1.165, 1.54) is 0 Å². The first-order valence-electron chi connectivity index (χ1n) is 6.07. The summed E-state index contributed by atoms with van der Waals surface area (Å²) < 4.78 is 4.98. The van der Waals surface area contributed by atoms with Crippen molar-refractivity contribution < 1.29 is 19.4 Å². The normalized spacial score (nSPS) is 12.2. The van der Waals surface area contributed by atoms with Gasteiger partial charge in [0.15, 0.2) is 0 Å². The highest BCUT2D eigenvalue weighted by Crippen LogP contribution is 2.17. The molecule has 1 rings (SSSR count). The molecular formula is C14H18O4S. The zero-order valence-electron chi connectivity index (χ0n) is 11.0. The average molecular weight is 282 g/mol. The van der Waals surface area contributed by atoms with E-state index >= 15 is 0 Å². The van der Waals surface area contributed by atoms with E-state index in [1.54, 1.807) is 13.8 Å². The van der Waals surface area contributed by atoms with E-state index in [9.17, 15) is 9.59 Å². The average Bonchev–Trinajstić information content (AvgIpc) is 2.34. The summed E-state index contributed by atoms with van der Waals surface area (Å²) in [5.74, 6) is -1.23. The SMILES string of the molecule is CC(C)OC(=O)CSC(Cc1ccccc1)C(=O)O. The van der Waals surface area contributed by atoms with Crippen molar-refractivity contribution in [2.24, 2.45) is 0 Å². The Kier molecular flexibility index (Phi) is 6.42. The molecule has 0 aliphatic carbocycles. The van der Waals surface area contributed by atoms with Crippen LogP contribution in [0.15, 0.2) is 30.3 Å². The van der Waals surface area contributed by atoms with Gasteiger partial charge in [-0.15, -0.1) is 11.8 Å². The number of carbonyl (C=O) groups excluding carboxylic acids is 1. The Morgan fingerprint density at radius 3 is 2.42 bits per heavy atom. The Balaban J connectivity index is 2.50. The van der Waals surface area contributed by atoms with Crippen LogP contribution in [0, 0.1) is 0 Å². The van der Waals surface area contributed by atoms with Crippen LogP contribution in [0.4, 0.5) is 0 Å². The fraction of sp³-hybridized carbons (Fsp3) is 0.429. The van der Waals surface area contributed by atoms with Crippen LogP contribution in [0.2, 0.25) is 0 Å². The standard InChI is InChI=1S/C14H18O4S/c1-10(2)18-13(15)9-19-12(14(16)17)8-11-6-4-3-5-7-11/h3-7,10,12H,8-9H2,1-2H3,(H,16,17). The Hall–Kier alpha value is -1.49. The van der Waals surface area contributed by atoms with Crippen molar-refractivity contribution in [1.29, 1.82) is 0 Å². The predicted molar refractivity (Wildman–Crippen MR) is 75.3 cm³/mol. The molecule has 0 amide bonds. The molecule has 0 saturated heterocycles. The Labute approximate surface area is 117 Å². The highest BCUT2D eigenvalue weighted by Gasteiger charge is 2.20. The quantitative estimate of drug-likeness (QED) is 0.778. The molecule has 1 aromatic rings. The predicted octanol–water partition coefficient (Wildman–Crippen LogP) is 2.37. The number of carbonyl (C=O) groups is 2. The van der Waals surface area contributed by atoms with Gasteiger partial charge in [0.1, 0.15) is 5.25 Å². The van der Waals surface area contributed by atoms with Crippen molar-refractivity contribution >= 4 is 23.7 Å². The summed E-state index contributed by atoms with van der Waals surface area (Å²) in [6, 6.07) is 9.37. The third-order valence-electron chi connectivity index (χ3n) is 2.31. The van der Waals surface area contributed by atoms with Gasteiger partial charge in [0.05, 0.1) is 11.9 Å². The van der Waals surface area contributed by atoms with Crippen molar-refractivity contribution in [3.8, 4) is 0 Å². The van der Waals surface area contributed by atoms with Crippen LogP contribution in [-0.4, -0.2) is 34.2 Å². The highest BCUT2D eigenvalue weighted by molar-refractivity contribution is 8.01. The van der Waals surface area contributed by atoms with Gasteiger partial charge >= 0.3 is 11.9 Å². The molecule has 4 nitrogen and oxygen atoms in total. The minimum atomic E-state index is -0.911. The fourth-order valence-corrected chi connectivity index (χ4v) is 2.37. The summed E-state index contributed by atoms with van der Waals surface area (Å²) in [6.45, 7) is 3.53. The van der Waals surface area contributed by atoms with Crippen LogP contribution < -0.4 is 0 Å². The summed E-state index contributed by atoms with van der Waals surface area (Å²) in [5, 5.41) is 8.52. The molecule has 1 atom stereocenters. The molecule has 0 spiro atoms. The number of esters is 1. The van der Waals surface area contributed by atoms with E-state index in [2.05, 4.69) is 0 Å². The number of rotatable bonds is 7. The third kappa shape index (κ3) is 6.29. The molecule has 19 heavy (non-hydrogen) atoms. The maximum absolute atomic E-state index is 11.4. The van der Waals surface area contributed by atoms with Gasteiger partial charge in [-0.2, -0.15) is 0 Å². The number of thioether (sulfide) groups is 1. The van der Waals surface area contributed by atoms with Gasteiger partial charge in [-0.3, -0.25) is 9.59 Å². The van der Waals surface area contributed by atoms with Crippen LogP contribution in [0.3, 0.4) is 0 Å². The Morgan fingerprint density at radius 1 is 1.26 bits per heavy atom. The second-order valence-corrected chi connectivity index (χ2v) is 5.56. The summed E-state index contributed by atoms with van der Waals surface area (Å²) in [4.78, 5) is 22.6. The van der Waals surface area contributed by atoms with Crippen LogP contribution in [0.25, 0.3) is 0 Å². The summed E-state index contributed by atoms with van der Waals surface area (Å²) in [6.07, 6.45) is 0.223. The third-order valence-corrected chi connectivity index (χ3v) is 3.48. The fourth-order valence-electron chi connectivity index (χ4n) is 1.51. The van der Waals surface area contributed by atoms with Crippen molar-refractivity contribution in [2.45, 2.75) is 31.6 Å². The topological polar surface area (TPSA) is 63.6 Å². The van der Waals surface area contributed by atoms with E-state index < -0.39 is 11.2 Å². The summed E-state index contributed by atoms with van der Waals surface area (Å²) in [5.41, 5.74) is 0.944.